The molecule has 1 amide bonds. The van der Waals surface area contributed by atoms with Crippen molar-refractivity contribution in [3.8, 4) is 0 Å². The number of piperidine rings is 1. The van der Waals surface area contributed by atoms with Crippen LogP contribution in [0.25, 0.3) is 0 Å². The molecule has 1 aliphatic rings. The van der Waals surface area contributed by atoms with E-state index in [0.717, 1.165) is 12.3 Å². The van der Waals surface area contributed by atoms with E-state index in [1.54, 1.807) is 0 Å². The monoisotopic (exact) mass is 369 g/mol. The first-order chi connectivity index (χ1) is 12.4. The minimum atomic E-state index is -4.39. The fraction of sp³-hybridized carbons (Fsp3) is 0.533. The van der Waals surface area contributed by atoms with Gasteiger partial charge in [0, 0.05) is 38.2 Å². The minimum absolute atomic E-state index is 0.0338. The van der Waals surface area contributed by atoms with Crippen molar-refractivity contribution >= 4 is 11.7 Å². The molecule has 11 heteroatoms. The van der Waals surface area contributed by atoms with E-state index in [4.69, 9.17) is 0 Å². The number of aromatic nitrogens is 5. The van der Waals surface area contributed by atoms with Crippen LogP contribution in [0, 0.1) is 5.92 Å². The fourth-order valence-corrected chi connectivity index (χ4v) is 2.84. The van der Waals surface area contributed by atoms with Gasteiger partial charge in [-0.25, -0.2) is 4.98 Å². The quantitative estimate of drug-likeness (QED) is 0.821. The van der Waals surface area contributed by atoms with Crippen LogP contribution in [0.15, 0.2) is 18.3 Å². The molecule has 0 spiro atoms. The van der Waals surface area contributed by atoms with Crippen LogP contribution in [0.4, 0.5) is 19.0 Å². The van der Waals surface area contributed by atoms with Gasteiger partial charge in [-0.3, -0.25) is 4.79 Å². The summed E-state index contributed by atoms with van der Waals surface area (Å²) >= 11 is 0. The van der Waals surface area contributed by atoms with Gasteiger partial charge >= 0.3 is 6.18 Å². The number of alkyl halides is 3. The Morgan fingerprint density at radius 3 is 2.65 bits per heavy atom. The van der Waals surface area contributed by atoms with Crippen molar-refractivity contribution in [2.45, 2.75) is 25.4 Å². The summed E-state index contributed by atoms with van der Waals surface area (Å²) in [6.07, 6.45) is -1.81. The molecule has 3 heterocycles. The first kappa shape index (κ1) is 18.1. The molecule has 2 aromatic heterocycles. The molecule has 1 aliphatic heterocycles. The lowest BCUT2D eigenvalue weighted by Gasteiger charge is -2.32. The summed E-state index contributed by atoms with van der Waals surface area (Å²) in [5.74, 6) is 0.877. The second kappa shape index (κ2) is 7.67. The van der Waals surface area contributed by atoms with Gasteiger partial charge in [0.15, 0.2) is 5.82 Å². The van der Waals surface area contributed by atoms with Crippen LogP contribution in [-0.2, 0) is 17.4 Å². The second-order valence-corrected chi connectivity index (χ2v) is 6.03. The number of carbonyl (C=O) groups is 1. The Morgan fingerprint density at radius 1 is 1.31 bits per heavy atom. The van der Waals surface area contributed by atoms with Gasteiger partial charge in [-0.05, 0) is 25.0 Å². The number of amides is 1. The molecule has 8 nitrogen and oxygen atoms in total. The number of halogens is 3. The summed E-state index contributed by atoms with van der Waals surface area (Å²) in [6.45, 7) is 1.57. The molecule has 0 radical (unpaired) electrons. The second-order valence-electron chi connectivity index (χ2n) is 6.03. The number of tetrazole rings is 1. The van der Waals surface area contributed by atoms with E-state index in [2.05, 4.69) is 30.9 Å². The van der Waals surface area contributed by atoms with Crippen LogP contribution in [0.5, 0.6) is 0 Å². The zero-order valence-electron chi connectivity index (χ0n) is 13.8. The Hall–Kier alpha value is -2.72. The molecule has 0 atom stereocenters. The zero-order valence-corrected chi connectivity index (χ0v) is 13.8. The Balaban J connectivity index is 1.45. The normalized spacial score (nSPS) is 15.9. The van der Waals surface area contributed by atoms with E-state index in [-0.39, 0.29) is 11.8 Å². The zero-order chi connectivity index (χ0) is 18.6. The van der Waals surface area contributed by atoms with Crippen molar-refractivity contribution in [3.63, 3.8) is 0 Å². The number of pyridine rings is 1. The highest BCUT2D eigenvalue weighted by molar-refractivity contribution is 5.78. The minimum Gasteiger partial charge on any atom is -0.357 e. The third-order valence-corrected chi connectivity index (χ3v) is 4.30. The number of carbonyl (C=O) groups excluding carboxylic acids is 1. The van der Waals surface area contributed by atoms with E-state index < -0.39 is 11.7 Å². The first-order valence-electron chi connectivity index (χ1n) is 8.22. The Bertz CT molecular complexity index is 710. The van der Waals surface area contributed by atoms with Gasteiger partial charge in [0.25, 0.3) is 0 Å². The van der Waals surface area contributed by atoms with E-state index in [9.17, 15) is 18.0 Å². The van der Waals surface area contributed by atoms with Crippen LogP contribution in [-0.4, -0.2) is 51.1 Å². The molecular weight excluding hydrogens is 351 g/mol. The van der Waals surface area contributed by atoms with Gasteiger partial charge in [0.1, 0.15) is 5.82 Å². The Morgan fingerprint density at radius 2 is 2.08 bits per heavy atom. The summed E-state index contributed by atoms with van der Waals surface area (Å²) in [4.78, 5) is 18.0. The third kappa shape index (κ3) is 4.46. The number of nitrogens with one attached hydrogen (secondary N) is 2. The largest absolute Gasteiger partial charge is 0.417 e. The van der Waals surface area contributed by atoms with Gasteiger partial charge < -0.3 is 10.2 Å². The average Bonchev–Trinajstić information content (AvgIpc) is 3.15. The topological polar surface area (TPSA) is 99.7 Å². The molecule has 0 aromatic carbocycles. The summed E-state index contributed by atoms with van der Waals surface area (Å²) < 4.78 is 37.7. The lowest BCUT2D eigenvalue weighted by molar-refractivity contribution is -0.137. The molecule has 2 N–H and O–H groups in total. The van der Waals surface area contributed by atoms with E-state index in [1.807, 2.05) is 4.90 Å². The van der Waals surface area contributed by atoms with Crippen LogP contribution >= 0.6 is 0 Å². The highest BCUT2D eigenvalue weighted by Gasteiger charge is 2.31. The highest BCUT2D eigenvalue weighted by atomic mass is 19.4. The molecular formula is C15H18F3N7O. The van der Waals surface area contributed by atoms with Crippen molar-refractivity contribution < 1.29 is 18.0 Å². The maximum Gasteiger partial charge on any atom is 0.417 e. The predicted molar refractivity (Wildman–Crippen MR) is 85.1 cm³/mol. The van der Waals surface area contributed by atoms with Crippen LogP contribution in [0.1, 0.15) is 24.2 Å². The fourth-order valence-electron chi connectivity index (χ4n) is 2.84. The molecule has 1 saturated heterocycles. The van der Waals surface area contributed by atoms with Gasteiger partial charge in [-0.15, -0.1) is 10.2 Å². The number of hydrogen-bond donors (Lipinski definition) is 2. The molecule has 0 aliphatic carbocycles. The first-order valence-corrected chi connectivity index (χ1v) is 8.22. The average molecular weight is 369 g/mol. The molecule has 0 saturated carbocycles. The number of rotatable bonds is 5. The third-order valence-electron chi connectivity index (χ3n) is 4.30. The number of anilines is 1. The summed E-state index contributed by atoms with van der Waals surface area (Å²) in [5.41, 5.74) is -0.767. The molecule has 2 aromatic rings. The molecule has 1 fully saturated rings. The molecule has 26 heavy (non-hydrogen) atoms. The van der Waals surface area contributed by atoms with E-state index in [1.165, 1.54) is 6.07 Å². The Labute approximate surface area is 147 Å². The number of H-pyrrole nitrogens is 1. The van der Waals surface area contributed by atoms with Gasteiger partial charge in [0.2, 0.25) is 5.91 Å². The number of nitrogens with zero attached hydrogens (tertiary/aromatic N) is 5. The van der Waals surface area contributed by atoms with Gasteiger partial charge in [-0.1, -0.05) is 5.21 Å². The molecule has 140 valence electrons. The lowest BCUT2D eigenvalue weighted by Crippen LogP contribution is -2.41. The van der Waals surface area contributed by atoms with Crippen molar-refractivity contribution in [1.82, 2.24) is 30.9 Å². The predicted octanol–water partition coefficient (Wildman–Crippen LogP) is 1.19. The number of aromatic amines is 1. The molecule has 0 bridgehead atoms. The maximum absolute atomic E-state index is 12.6. The van der Waals surface area contributed by atoms with Gasteiger partial charge in [-0.2, -0.15) is 18.4 Å². The van der Waals surface area contributed by atoms with Crippen molar-refractivity contribution in [3.05, 3.63) is 29.7 Å². The van der Waals surface area contributed by atoms with E-state index in [0.29, 0.717) is 50.5 Å². The summed E-state index contributed by atoms with van der Waals surface area (Å²) in [6, 6.07) is 2.40. The van der Waals surface area contributed by atoms with Crippen LogP contribution < -0.4 is 10.2 Å². The highest BCUT2D eigenvalue weighted by Crippen LogP contribution is 2.30. The SMILES string of the molecule is O=C(NCCc1nn[nH]n1)C1CCN(c2ccc(C(F)(F)F)cn2)CC1. The van der Waals surface area contributed by atoms with Crippen molar-refractivity contribution in [1.29, 1.82) is 0 Å². The molecule has 0 unspecified atom stereocenters. The Kier molecular flexibility index (Phi) is 5.33. The van der Waals surface area contributed by atoms with Crippen LogP contribution in [0.3, 0.4) is 0 Å². The number of hydrogen-bond acceptors (Lipinski definition) is 6. The summed E-state index contributed by atoms with van der Waals surface area (Å²) in [7, 11) is 0. The lowest BCUT2D eigenvalue weighted by atomic mass is 9.96. The van der Waals surface area contributed by atoms with E-state index >= 15 is 0 Å². The van der Waals surface area contributed by atoms with Crippen molar-refractivity contribution in [2.75, 3.05) is 24.5 Å². The van der Waals surface area contributed by atoms with Crippen molar-refractivity contribution in [2.24, 2.45) is 5.92 Å². The smallest absolute Gasteiger partial charge is 0.357 e. The summed E-state index contributed by atoms with van der Waals surface area (Å²) in [5, 5.41) is 16.3. The standard InChI is InChI=1S/C15H18F3N7O/c16-15(17,18)11-1-2-13(20-9-11)25-7-4-10(5-8-25)14(26)19-6-3-12-21-23-24-22-12/h1-2,9-10H,3-8H2,(H,19,26)(H,21,22,23,24). The molecule has 3 rings (SSSR count). The van der Waals surface area contributed by atoms with Crippen LogP contribution in [0.2, 0.25) is 0 Å². The van der Waals surface area contributed by atoms with Gasteiger partial charge in [0.05, 0.1) is 5.56 Å². The maximum atomic E-state index is 12.6.